The summed E-state index contributed by atoms with van der Waals surface area (Å²) in [7, 11) is -4.05. The Kier molecular flexibility index (Phi) is 4.52. The molecule has 4 aromatic rings. The van der Waals surface area contributed by atoms with E-state index in [4.69, 9.17) is 11.6 Å². The lowest BCUT2D eigenvalue weighted by Crippen LogP contribution is -2.13. The largest absolute Gasteiger partial charge is 0.273 e. The molecule has 142 valence electrons. The van der Waals surface area contributed by atoms with Gasteiger partial charge in [-0.2, -0.15) is 5.10 Å². The van der Waals surface area contributed by atoms with Gasteiger partial charge in [0.1, 0.15) is 11.3 Å². The first-order chi connectivity index (χ1) is 13.4. The highest BCUT2D eigenvalue weighted by Gasteiger charge is 2.21. The molecule has 0 radical (unpaired) electrons. The van der Waals surface area contributed by atoms with Crippen LogP contribution in [0.3, 0.4) is 0 Å². The van der Waals surface area contributed by atoms with Gasteiger partial charge in [-0.05, 0) is 35.9 Å². The lowest BCUT2D eigenvalue weighted by atomic mass is 10.0. The Morgan fingerprint density at radius 1 is 1.00 bits per heavy atom. The van der Waals surface area contributed by atoms with Crippen LogP contribution in [-0.4, -0.2) is 18.6 Å². The maximum absolute atomic E-state index is 14.7. The molecule has 9 heteroatoms. The van der Waals surface area contributed by atoms with Gasteiger partial charge in [0.05, 0.1) is 9.92 Å². The molecule has 28 heavy (non-hydrogen) atoms. The zero-order valence-electron chi connectivity index (χ0n) is 14.1. The van der Waals surface area contributed by atoms with Crippen molar-refractivity contribution in [2.24, 2.45) is 0 Å². The number of aromatic amines is 1. The van der Waals surface area contributed by atoms with Gasteiger partial charge in [0.25, 0.3) is 10.0 Å². The smallest absolute Gasteiger partial charge is 0.263 e. The summed E-state index contributed by atoms with van der Waals surface area (Å²) in [5, 5.41) is 6.45. The Morgan fingerprint density at radius 3 is 2.36 bits per heavy atom. The average Bonchev–Trinajstić information content (AvgIpc) is 3.08. The number of fused-ring (bicyclic) bond motifs is 1. The summed E-state index contributed by atoms with van der Waals surface area (Å²) in [6.07, 6.45) is 0. The van der Waals surface area contributed by atoms with E-state index in [1.165, 1.54) is 0 Å². The molecular formula is C19H12ClF2N3O2S. The van der Waals surface area contributed by atoms with Crippen molar-refractivity contribution in [1.82, 2.24) is 10.2 Å². The molecule has 5 nitrogen and oxygen atoms in total. The van der Waals surface area contributed by atoms with Crippen LogP contribution in [0.5, 0.6) is 0 Å². The molecule has 3 aromatic carbocycles. The van der Waals surface area contributed by atoms with Crippen LogP contribution in [0.25, 0.3) is 22.0 Å². The van der Waals surface area contributed by atoms with E-state index < -0.39 is 21.7 Å². The number of sulfonamides is 1. The summed E-state index contributed by atoms with van der Waals surface area (Å²) in [6.45, 7) is 0. The van der Waals surface area contributed by atoms with Crippen molar-refractivity contribution in [2.45, 2.75) is 4.90 Å². The summed E-state index contributed by atoms with van der Waals surface area (Å²) in [4.78, 5) is -0.150. The Morgan fingerprint density at radius 2 is 1.68 bits per heavy atom. The molecule has 0 aliphatic carbocycles. The topological polar surface area (TPSA) is 74.8 Å². The molecule has 0 aliphatic heterocycles. The van der Waals surface area contributed by atoms with Crippen molar-refractivity contribution in [2.75, 3.05) is 4.72 Å². The standard InChI is InChI=1S/C19H12ClF2N3O2S/c20-16-14(11-4-2-1-3-5-11)10-15-18(17(16)22)23-24-19(15)25-28(26,27)13-8-6-12(21)7-9-13/h1-10H,(H2,23,24,25). The Bertz CT molecular complexity index is 1270. The van der Waals surface area contributed by atoms with Crippen molar-refractivity contribution in [3.8, 4) is 11.1 Å². The van der Waals surface area contributed by atoms with Gasteiger partial charge in [-0.15, -0.1) is 0 Å². The number of aromatic nitrogens is 2. The number of halogens is 3. The van der Waals surface area contributed by atoms with Gasteiger partial charge in [-0.3, -0.25) is 9.82 Å². The first-order valence-corrected chi connectivity index (χ1v) is 9.93. The molecule has 0 spiro atoms. The van der Waals surface area contributed by atoms with Crippen molar-refractivity contribution < 1.29 is 17.2 Å². The van der Waals surface area contributed by atoms with Gasteiger partial charge in [0.2, 0.25) is 0 Å². The molecule has 0 aliphatic rings. The highest BCUT2D eigenvalue weighted by atomic mass is 35.5. The zero-order chi connectivity index (χ0) is 19.9. The molecule has 0 saturated heterocycles. The first kappa shape index (κ1) is 18.4. The molecule has 1 aromatic heterocycles. The number of nitrogens with one attached hydrogen (secondary N) is 2. The van der Waals surface area contributed by atoms with E-state index in [1.807, 2.05) is 6.07 Å². The molecule has 0 bridgehead atoms. The molecule has 0 amide bonds. The van der Waals surface area contributed by atoms with Crippen LogP contribution >= 0.6 is 11.6 Å². The van der Waals surface area contributed by atoms with E-state index in [-0.39, 0.29) is 26.6 Å². The van der Waals surface area contributed by atoms with Gasteiger partial charge < -0.3 is 0 Å². The van der Waals surface area contributed by atoms with Crippen molar-refractivity contribution in [1.29, 1.82) is 0 Å². The molecular weight excluding hydrogens is 408 g/mol. The third-order valence-electron chi connectivity index (χ3n) is 4.18. The summed E-state index contributed by atoms with van der Waals surface area (Å²) in [5.41, 5.74) is 1.04. The summed E-state index contributed by atoms with van der Waals surface area (Å²) < 4.78 is 55.2. The fourth-order valence-corrected chi connectivity index (χ4v) is 4.08. The SMILES string of the molecule is O=S(=O)(Nc1n[nH]c2c(F)c(Cl)c(-c3ccccc3)cc12)c1ccc(F)cc1. The fourth-order valence-electron chi connectivity index (χ4n) is 2.80. The second-order valence-corrected chi connectivity index (χ2v) is 8.03. The van der Waals surface area contributed by atoms with E-state index in [9.17, 15) is 17.2 Å². The predicted octanol–water partition coefficient (Wildman–Crippen LogP) is 4.96. The van der Waals surface area contributed by atoms with Gasteiger partial charge in [0, 0.05) is 10.9 Å². The zero-order valence-corrected chi connectivity index (χ0v) is 15.7. The number of hydrogen-bond acceptors (Lipinski definition) is 3. The van der Waals surface area contributed by atoms with E-state index in [0.717, 1.165) is 24.3 Å². The van der Waals surface area contributed by atoms with Gasteiger partial charge in [0.15, 0.2) is 11.6 Å². The maximum atomic E-state index is 14.7. The van der Waals surface area contributed by atoms with Gasteiger partial charge >= 0.3 is 0 Å². The lowest BCUT2D eigenvalue weighted by Gasteiger charge is -2.09. The number of nitrogens with zero attached hydrogens (tertiary/aromatic N) is 1. The van der Waals surface area contributed by atoms with E-state index in [0.29, 0.717) is 11.1 Å². The molecule has 1 heterocycles. The van der Waals surface area contributed by atoms with Crippen LogP contribution in [0.2, 0.25) is 5.02 Å². The minimum Gasteiger partial charge on any atom is -0.273 e. The second kappa shape index (κ2) is 6.88. The van der Waals surface area contributed by atoms with Crippen LogP contribution in [0.15, 0.2) is 65.6 Å². The van der Waals surface area contributed by atoms with E-state index in [1.54, 1.807) is 30.3 Å². The number of H-pyrrole nitrogens is 1. The maximum Gasteiger partial charge on any atom is 0.263 e. The van der Waals surface area contributed by atoms with Crippen LogP contribution in [0, 0.1) is 11.6 Å². The van der Waals surface area contributed by atoms with Crippen LogP contribution < -0.4 is 4.72 Å². The normalized spacial score (nSPS) is 11.7. The third-order valence-corrected chi connectivity index (χ3v) is 5.91. The first-order valence-electron chi connectivity index (χ1n) is 8.07. The number of rotatable bonds is 4. The van der Waals surface area contributed by atoms with Crippen LogP contribution in [-0.2, 0) is 10.0 Å². The minimum absolute atomic E-state index is 0.0264. The predicted molar refractivity (Wildman–Crippen MR) is 104 cm³/mol. The highest BCUT2D eigenvalue weighted by molar-refractivity contribution is 7.92. The summed E-state index contributed by atoms with van der Waals surface area (Å²) >= 11 is 6.16. The monoisotopic (exact) mass is 419 g/mol. The van der Waals surface area contributed by atoms with Gasteiger partial charge in [-0.1, -0.05) is 41.9 Å². The van der Waals surface area contributed by atoms with E-state index >= 15 is 0 Å². The minimum atomic E-state index is -4.05. The molecule has 4 rings (SSSR count). The summed E-state index contributed by atoms with van der Waals surface area (Å²) in [6, 6.07) is 14.8. The second-order valence-electron chi connectivity index (χ2n) is 5.97. The van der Waals surface area contributed by atoms with Crippen molar-refractivity contribution in [3.63, 3.8) is 0 Å². The lowest BCUT2D eigenvalue weighted by molar-refractivity contribution is 0.599. The van der Waals surface area contributed by atoms with Crippen molar-refractivity contribution >= 4 is 38.3 Å². The molecule has 2 N–H and O–H groups in total. The van der Waals surface area contributed by atoms with Crippen molar-refractivity contribution in [3.05, 3.63) is 77.3 Å². The Labute approximate surface area is 164 Å². The average molecular weight is 420 g/mol. The number of hydrogen-bond donors (Lipinski definition) is 2. The molecule has 0 saturated carbocycles. The van der Waals surface area contributed by atoms with Gasteiger partial charge in [-0.25, -0.2) is 17.2 Å². The number of anilines is 1. The molecule has 0 unspecified atom stereocenters. The van der Waals surface area contributed by atoms with Crippen LogP contribution in [0.4, 0.5) is 14.6 Å². The quantitative estimate of drug-likeness (QED) is 0.490. The molecule has 0 atom stereocenters. The Hall–Kier alpha value is -2.97. The number of benzene rings is 3. The van der Waals surface area contributed by atoms with E-state index in [2.05, 4.69) is 14.9 Å². The van der Waals surface area contributed by atoms with Crippen LogP contribution in [0.1, 0.15) is 0 Å². The highest BCUT2D eigenvalue weighted by Crippen LogP contribution is 2.37. The Balaban J connectivity index is 1.83. The fraction of sp³-hybridized carbons (Fsp3) is 0. The molecule has 0 fully saturated rings. The summed E-state index contributed by atoms with van der Waals surface area (Å²) in [5.74, 6) is -1.39. The third kappa shape index (κ3) is 3.21.